The molecule has 0 unspecified atom stereocenters. The number of carbonyl (C=O) groups is 2. The van der Waals surface area contributed by atoms with Crippen LogP contribution in [0.2, 0.25) is 0 Å². The monoisotopic (exact) mass is 306 g/mol. The van der Waals surface area contributed by atoms with Crippen LogP contribution in [0.3, 0.4) is 0 Å². The van der Waals surface area contributed by atoms with Crippen LogP contribution in [0.1, 0.15) is 26.3 Å². The van der Waals surface area contributed by atoms with Crippen molar-refractivity contribution in [3.8, 4) is 5.75 Å². The lowest BCUT2D eigenvalue weighted by Gasteiger charge is -2.23. The Morgan fingerprint density at radius 3 is 2.73 bits per heavy atom. The van der Waals surface area contributed by atoms with Crippen molar-refractivity contribution in [2.75, 3.05) is 18.6 Å². The number of ether oxygens (including phenoxy) is 2. The number of rotatable bonds is 1. The van der Waals surface area contributed by atoms with Crippen LogP contribution in [0.4, 0.5) is 10.5 Å². The molecule has 1 N–H and O–H groups in total. The fraction of sp³-hybridized carbons (Fsp3) is 0.500. The number of nitrogens with one attached hydrogen (secondary N) is 1. The number of aryl methyl sites for hydroxylation is 1. The van der Waals surface area contributed by atoms with Crippen molar-refractivity contribution in [1.82, 2.24) is 5.32 Å². The number of anilines is 1. The zero-order valence-corrected chi connectivity index (χ0v) is 13.6. The molecule has 6 nitrogen and oxygen atoms in total. The van der Waals surface area contributed by atoms with Gasteiger partial charge in [0.05, 0.1) is 5.69 Å². The van der Waals surface area contributed by atoms with Gasteiger partial charge >= 0.3 is 6.09 Å². The number of likely N-dealkylation sites (N-methyl/N-ethyl adjacent to an activating group) is 1. The van der Waals surface area contributed by atoms with Gasteiger partial charge in [0.1, 0.15) is 24.0 Å². The smallest absolute Gasteiger partial charge is 0.408 e. The molecule has 1 aliphatic rings. The minimum Gasteiger partial charge on any atom is -0.489 e. The molecular formula is C16H22N2O4. The van der Waals surface area contributed by atoms with E-state index in [-0.39, 0.29) is 12.5 Å². The lowest BCUT2D eigenvalue weighted by Crippen LogP contribution is -2.50. The van der Waals surface area contributed by atoms with Gasteiger partial charge in [-0.1, -0.05) is 6.07 Å². The predicted molar refractivity (Wildman–Crippen MR) is 83.2 cm³/mol. The summed E-state index contributed by atoms with van der Waals surface area (Å²) < 4.78 is 10.8. The molecule has 0 spiro atoms. The first-order chi connectivity index (χ1) is 10.2. The third-order valence-electron chi connectivity index (χ3n) is 3.20. The molecule has 1 atom stereocenters. The molecule has 0 aliphatic carbocycles. The molecule has 120 valence electrons. The lowest BCUT2D eigenvalue weighted by atomic mass is 10.2. The van der Waals surface area contributed by atoms with Crippen LogP contribution >= 0.6 is 0 Å². The van der Waals surface area contributed by atoms with Gasteiger partial charge in [0, 0.05) is 7.05 Å². The fourth-order valence-electron chi connectivity index (χ4n) is 2.16. The maximum atomic E-state index is 12.5. The number of hydrogen-bond acceptors (Lipinski definition) is 4. The molecule has 22 heavy (non-hydrogen) atoms. The molecule has 0 saturated heterocycles. The molecule has 0 fully saturated rings. The summed E-state index contributed by atoms with van der Waals surface area (Å²) in [6, 6.07) is 4.83. The quantitative estimate of drug-likeness (QED) is 0.864. The van der Waals surface area contributed by atoms with E-state index in [0.29, 0.717) is 11.4 Å². The van der Waals surface area contributed by atoms with Crippen molar-refractivity contribution < 1.29 is 19.1 Å². The standard InChI is InChI=1S/C16H22N2O4/c1-10-6-7-13-12(8-10)18(5)14(19)11(9-21-13)17-15(20)22-16(2,3)4/h6-8,11H,9H2,1-5H3,(H,17,20)/t11-/m0/s1. The van der Waals surface area contributed by atoms with Gasteiger partial charge in [-0.3, -0.25) is 4.79 Å². The normalized spacial score (nSPS) is 18.1. The Bertz CT molecular complexity index is 592. The van der Waals surface area contributed by atoms with E-state index < -0.39 is 17.7 Å². The van der Waals surface area contributed by atoms with Crippen LogP contribution in [0, 0.1) is 6.92 Å². The Morgan fingerprint density at radius 1 is 1.41 bits per heavy atom. The van der Waals surface area contributed by atoms with E-state index in [0.717, 1.165) is 5.56 Å². The Labute approximate surface area is 130 Å². The third-order valence-corrected chi connectivity index (χ3v) is 3.20. The molecule has 0 radical (unpaired) electrons. The fourth-order valence-corrected chi connectivity index (χ4v) is 2.16. The van der Waals surface area contributed by atoms with Gasteiger partial charge in [0.15, 0.2) is 0 Å². The summed E-state index contributed by atoms with van der Waals surface area (Å²) in [7, 11) is 1.67. The highest BCUT2D eigenvalue weighted by Crippen LogP contribution is 2.31. The molecule has 1 heterocycles. The first-order valence-electron chi connectivity index (χ1n) is 7.18. The average Bonchev–Trinajstić information content (AvgIpc) is 2.50. The van der Waals surface area contributed by atoms with E-state index in [1.54, 1.807) is 27.8 Å². The van der Waals surface area contributed by atoms with Crippen LogP contribution in [0.5, 0.6) is 5.75 Å². The van der Waals surface area contributed by atoms with Gasteiger partial charge in [-0.15, -0.1) is 0 Å². The van der Waals surface area contributed by atoms with E-state index >= 15 is 0 Å². The maximum Gasteiger partial charge on any atom is 0.408 e. The Kier molecular flexibility index (Phi) is 4.30. The summed E-state index contributed by atoms with van der Waals surface area (Å²) in [5.41, 5.74) is 1.10. The van der Waals surface area contributed by atoms with Gasteiger partial charge in [-0.25, -0.2) is 4.79 Å². The summed E-state index contributed by atoms with van der Waals surface area (Å²) in [4.78, 5) is 25.9. The van der Waals surface area contributed by atoms with E-state index in [9.17, 15) is 9.59 Å². The molecule has 2 rings (SSSR count). The third kappa shape index (κ3) is 3.69. The maximum absolute atomic E-state index is 12.5. The van der Waals surface area contributed by atoms with Crippen molar-refractivity contribution in [1.29, 1.82) is 0 Å². The predicted octanol–water partition coefficient (Wildman–Crippen LogP) is 2.24. The molecule has 0 aromatic heterocycles. The number of carbonyl (C=O) groups excluding carboxylic acids is 2. The van der Waals surface area contributed by atoms with Gasteiger partial charge in [0.2, 0.25) is 0 Å². The summed E-state index contributed by atoms with van der Waals surface area (Å²) in [5, 5.41) is 2.57. The molecule has 1 aliphatic heterocycles. The summed E-state index contributed by atoms with van der Waals surface area (Å²) in [6.45, 7) is 7.31. The zero-order chi connectivity index (χ0) is 16.5. The number of fused-ring (bicyclic) bond motifs is 1. The molecule has 6 heteroatoms. The highest BCUT2D eigenvalue weighted by molar-refractivity contribution is 6.00. The van der Waals surface area contributed by atoms with E-state index in [4.69, 9.17) is 9.47 Å². The summed E-state index contributed by atoms with van der Waals surface area (Å²) >= 11 is 0. The van der Waals surface area contributed by atoms with E-state index in [2.05, 4.69) is 5.32 Å². The second-order valence-electron chi connectivity index (χ2n) is 6.38. The van der Waals surface area contributed by atoms with E-state index in [1.807, 2.05) is 25.1 Å². The topological polar surface area (TPSA) is 67.9 Å². The molecule has 1 aromatic rings. The van der Waals surface area contributed by atoms with Crippen molar-refractivity contribution in [3.05, 3.63) is 23.8 Å². The van der Waals surface area contributed by atoms with Crippen LogP contribution in [-0.2, 0) is 9.53 Å². The zero-order valence-electron chi connectivity index (χ0n) is 13.6. The number of alkyl carbamates (subject to hydrolysis) is 1. The number of nitrogens with zero attached hydrogens (tertiary/aromatic N) is 1. The number of benzene rings is 1. The minimum atomic E-state index is -0.785. The Balaban J connectivity index is 2.15. The van der Waals surface area contributed by atoms with Crippen molar-refractivity contribution >= 4 is 17.7 Å². The summed E-state index contributed by atoms with van der Waals surface area (Å²) in [5.74, 6) is 0.380. The minimum absolute atomic E-state index is 0.0679. The van der Waals surface area contributed by atoms with Crippen LogP contribution < -0.4 is 15.0 Å². The Morgan fingerprint density at radius 2 is 2.09 bits per heavy atom. The van der Waals surface area contributed by atoms with Crippen molar-refractivity contribution in [2.24, 2.45) is 0 Å². The highest BCUT2D eigenvalue weighted by Gasteiger charge is 2.31. The highest BCUT2D eigenvalue weighted by atomic mass is 16.6. The first kappa shape index (κ1) is 16.1. The van der Waals surface area contributed by atoms with Crippen LogP contribution in [-0.4, -0.2) is 37.3 Å². The van der Waals surface area contributed by atoms with Crippen LogP contribution in [0.15, 0.2) is 18.2 Å². The number of amides is 2. The molecular weight excluding hydrogens is 284 g/mol. The largest absolute Gasteiger partial charge is 0.489 e. The average molecular weight is 306 g/mol. The van der Waals surface area contributed by atoms with Gasteiger partial charge in [-0.2, -0.15) is 0 Å². The molecule has 2 amide bonds. The second-order valence-corrected chi connectivity index (χ2v) is 6.38. The van der Waals surface area contributed by atoms with Crippen LogP contribution in [0.25, 0.3) is 0 Å². The van der Waals surface area contributed by atoms with E-state index in [1.165, 1.54) is 4.90 Å². The first-order valence-corrected chi connectivity index (χ1v) is 7.18. The molecule has 1 aromatic carbocycles. The van der Waals surface area contributed by atoms with Gasteiger partial charge < -0.3 is 19.7 Å². The second kappa shape index (κ2) is 5.87. The van der Waals surface area contributed by atoms with Crippen molar-refractivity contribution in [3.63, 3.8) is 0 Å². The summed E-state index contributed by atoms with van der Waals surface area (Å²) in [6.07, 6.45) is -0.634. The number of hydrogen-bond donors (Lipinski definition) is 1. The SMILES string of the molecule is Cc1ccc2c(c1)N(C)C(=O)[C@@H](NC(=O)OC(C)(C)C)CO2. The van der Waals surface area contributed by atoms with Gasteiger partial charge in [0.25, 0.3) is 5.91 Å². The van der Waals surface area contributed by atoms with Gasteiger partial charge in [-0.05, 0) is 45.4 Å². The Hall–Kier alpha value is -2.24. The molecule has 0 bridgehead atoms. The van der Waals surface area contributed by atoms with Crippen molar-refractivity contribution in [2.45, 2.75) is 39.3 Å². The molecule has 0 saturated carbocycles. The lowest BCUT2D eigenvalue weighted by molar-refractivity contribution is -0.120.